The van der Waals surface area contributed by atoms with Gasteiger partial charge < -0.3 is 41.0 Å². The van der Waals surface area contributed by atoms with Crippen molar-refractivity contribution in [3.8, 4) is 29.1 Å². The number of nitrogens with zero attached hydrogens (tertiary/aromatic N) is 1. The molecule has 0 unspecified atom stereocenters. The molecular formula is C67H87N3O7. The summed E-state index contributed by atoms with van der Waals surface area (Å²) in [6.45, 7) is 4.82. The van der Waals surface area contributed by atoms with Crippen LogP contribution in [0.25, 0.3) is 0 Å². The Bertz CT molecular complexity index is 2780. The van der Waals surface area contributed by atoms with Crippen LogP contribution in [-0.4, -0.2) is 70.2 Å². The number of rotatable bonds is 12. The smallest absolute Gasteiger partial charge is 0.189 e. The number of aliphatic hydroxyl groups excluding tert-OH is 2. The van der Waals surface area contributed by atoms with Crippen molar-refractivity contribution in [2.24, 2.45) is 46.2 Å². The maximum Gasteiger partial charge on any atom is 0.189 e. The quantitative estimate of drug-likeness (QED) is 0.0764. The zero-order valence-electron chi connectivity index (χ0n) is 46.2. The minimum Gasteiger partial charge on any atom is -0.508 e. The Balaban J connectivity index is 1.11. The van der Waals surface area contributed by atoms with Crippen LogP contribution in [0, 0.1) is 47.3 Å². The average molecular weight is 1050 g/mol. The number of aliphatic imine (C=N–C) groups is 1. The van der Waals surface area contributed by atoms with Gasteiger partial charge in [-0.1, -0.05) is 106 Å². The summed E-state index contributed by atoms with van der Waals surface area (Å²) in [6, 6.07) is 17.0. The van der Waals surface area contributed by atoms with E-state index in [1.807, 2.05) is 18.2 Å². The minimum absolute atomic E-state index is 0.0106. The highest BCUT2D eigenvalue weighted by atomic mass is 16.5. The third-order valence-corrected chi connectivity index (χ3v) is 20.1. The predicted molar refractivity (Wildman–Crippen MR) is 304 cm³/mol. The van der Waals surface area contributed by atoms with E-state index in [2.05, 4.69) is 67.4 Å². The summed E-state index contributed by atoms with van der Waals surface area (Å²) in [5.74, 6) is 8.88. The van der Waals surface area contributed by atoms with Crippen LogP contribution in [0.3, 0.4) is 0 Å². The molecule has 4 saturated carbocycles. The molecule has 10 heteroatoms. The lowest BCUT2D eigenvalue weighted by Gasteiger charge is -2.50. The maximum absolute atomic E-state index is 14.7. The van der Waals surface area contributed by atoms with Crippen molar-refractivity contribution in [3.05, 3.63) is 110 Å². The highest BCUT2D eigenvalue weighted by Crippen LogP contribution is 2.60. The molecule has 3 aromatic carbocycles. The summed E-state index contributed by atoms with van der Waals surface area (Å²) in [5, 5.41) is 50.0. The maximum atomic E-state index is 14.7. The Morgan fingerprint density at radius 3 is 2.45 bits per heavy atom. The van der Waals surface area contributed by atoms with Crippen molar-refractivity contribution in [1.29, 1.82) is 0 Å². The number of phenols is 2. The molecule has 0 aromatic heterocycles. The molecule has 412 valence electrons. The van der Waals surface area contributed by atoms with Crippen molar-refractivity contribution in [2.75, 3.05) is 19.8 Å². The number of carbonyl (C=O) groups excluding carboxylic acids is 1. The molecule has 1 aliphatic heterocycles. The van der Waals surface area contributed by atoms with E-state index in [1.165, 1.54) is 29.5 Å². The van der Waals surface area contributed by atoms with Gasteiger partial charge in [0.05, 0.1) is 37.0 Å². The zero-order valence-corrected chi connectivity index (χ0v) is 46.2. The Morgan fingerprint density at radius 1 is 0.896 bits per heavy atom. The first-order valence-corrected chi connectivity index (χ1v) is 30.4. The highest BCUT2D eigenvalue weighted by Gasteiger charge is 2.49. The lowest BCUT2D eigenvalue weighted by Crippen LogP contribution is -2.50. The number of nitrogens with two attached hydrogens (primary N) is 1. The van der Waals surface area contributed by atoms with Gasteiger partial charge in [0.1, 0.15) is 5.75 Å². The number of benzene rings is 3. The normalized spacial score (nSPS) is 29.4. The van der Waals surface area contributed by atoms with Gasteiger partial charge >= 0.3 is 0 Å². The summed E-state index contributed by atoms with van der Waals surface area (Å²) in [4.78, 5) is 20.2. The summed E-state index contributed by atoms with van der Waals surface area (Å²) in [5.41, 5.74) is 16.9. The number of aromatic hydroxyl groups is 2. The van der Waals surface area contributed by atoms with Crippen molar-refractivity contribution >= 4 is 11.7 Å². The fraction of sp³-hybridized carbons (Fsp3) is 0.612. The van der Waals surface area contributed by atoms with Gasteiger partial charge in [-0.05, 0) is 195 Å². The Labute approximate surface area is 458 Å². The molecular weight excluding hydrogens is 959 g/mol. The largest absolute Gasteiger partial charge is 0.508 e. The fourth-order valence-electron chi connectivity index (χ4n) is 16.4. The Kier molecular flexibility index (Phi) is 16.6. The number of hydrogen-bond donors (Lipinski definition) is 6. The predicted octanol–water partition coefficient (Wildman–Crippen LogP) is 12.3. The molecule has 7 N–H and O–H groups in total. The molecule has 0 radical (unpaired) electrons. The van der Waals surface area contributed by atoms with Gasteiger partial charge in [0, 0.05) is 42.4 Å². The SMILES string of the molecule is CC[C@@H]1C(CO)=C(C(=O)CCc2cc(OC3CCCC3)c(O)c3c2C#CC[C@H]2C[C@H]4C=C5[C@@H](C[C@H](C)C[C@@H]5[C@@H]3[C@@H]4COC3CCCCC3)c3cc(O)cc(c3)Cc3cccc(c3)C3(CCCCC3)NC(N)=N2)CC[C@H]1CO. The van der Waals surface area contributed by atoms with E-state index in [0.29, 0.717) is 68.3 Å². The number of guanidine groups is 1. The summed E-state index contributed by atoms with van der Waals surface area (Å²) in [7, 11) is 0. The average Bonchev–Trinajstić information content (AvgIpc) is 4.08. The number of phenolic OH excluding ortho intramolecular Hbond substituents is 2. The number of hydrogen-bond acceptors (Lipinski definition) is 10. The number of ketones is 1. The molecule has 3 aromatic rings. The second-order valence-electron chi connectivity index (χ2n) is 25.1. The molecule has 4 fully saturated rings. The van der Waals surface area contributed by atoms with Crippen LogP contribution in [-0.2, 0) is 27.9 Å². The number of allylic oxidation sites excluding steroid dienone is 3. The summed E-state index contributed by atoms with van der Waals surface area (Å²) < 4.78 is 14.2. The van der Waals surface area contributed by atoms with Crippen LogP contribution < -0.4 is 15.8 Å². The fourth-order valence-corrected chi connectivity index (χ4v) is 16.4. The zero-order chi connectivity index (χ0) is 53.2. The number of ether oxygens (including phenoxy) is 2. The van der Waals surface area contributed by atoms with Crippen LogP contribution in [0.5, 0.6) is 17.2 Å². The van der Waals surface area contributed by atoms with E-state index >= 15 is 0 Å². The van der Waals surface area contributed by atoms with E-state index in [9.17, 15) is 25.2 Å². The number of aryl methyl sites for hydroxylation is 1. The molecule has 9 atom stereocenters. The van der Waals surface area contributed by atoms with Crippen LogP contribution in [0.2, 0.25) is 0 Å². The second kappa shape index (κ2) is 23.7. The lowest BCUT2D eigenvalue weighted by atomic mass is 9.55. The van der Waals surface area contributed by atoms with Gasteiger partial charge in [0.25, 0.3) is 0 Å². The lowest BCUT2D eigenvalue weighted by molar-refractivity contribution is -0.116. The number of carbonyl (C=O) groups is 1. The van der Waals surface area contributed by atoms with Crippen molar-refractivity contribution in [1.82, 2.24) is 5.32 Å². The van der Waals surface area contributed by atoms with Crippen LogP contribution >= 0.6 is 0 Å². The summed E-state index contributed by atoms with van der Waals surface area (Å²) >= 11 is 0. The molecule has 11 rings (SSSR count). The number of nitrogens with one attached hydrogen (secondary N) is 1. The number of fused-ring (bicyclic) bond motifs is 11. The number of Topliss-reactive ketones (excluding diaryl/α,β-unsaturated/α-hetero) is 1. The standard InChI is InChI=1S/C67H87N3O7/c1-3-53-45(38-71)22-24-55(59(53)39-72)61(74)25-23-44-37-62(77-52-19-8-9-20-52)65(75)64-54(44)21-13-16-49-34-47-36-57-56(28-41(2)29-58(57)63(64)60(47)40-76-51-17-6-4-7-18-51)46-31-43(33-50(73)35-46)30-42-14-12-15-48(32-42)67(70-66(68)69-49)26-10-5-11-27-67/h12,14-15,31-33,35-37,41,45,47,49,51-53,56,58,60,63,71-73,75H,3-11,16-20,22-30,34,38-40H2,1-2H3,(H3,68,69,70)/t41-,45-,47-,49-,53-,56-,58-,60+,63+/m0/s1. The van der Waals surface area contributed by atoms with E-state index in [1.54, 1.807) is 0 Å². The molecule has 0 amide bonds. The topological polar surface area (TPSA) is 167 Å². The van der Waals surface area contributed by atoms with Gasteiger partial charge in [0.15, 0.2) is 23.2 Å². The van der Waals surface area contributed by atoms with Crippen LogP contribution in [0.15, 0.2) is 76.3 Å². The molecule has 77 heavy (non-hydrogen) atoms. The van der Waals surface area contributed by atoms with E-state index in [4.69, 9.17) is 20.2 Å². The first-order chi connectivity index (χ1) is 37.5. The molecule has 1 heterocycles. The Hall–Kier alpha value is -5.08. The van der Waals surface area contributed by atoms with Crippen molar-refractivity contribution in [2.45, 2.75) is 204 Å². The van der Waals surface area contributed by atoms with Gasteiger partial charge in [-0.2, -0.15) is 0 Å². The van der Waals surface area contributed by atoms with Crippen molar-refractivity contribution in [3.63, 3.8) is 0 Å². The second-order valence-corrected chi connectivity index (χ2v) is 25.1. The third kappa shape index (κ3) is 11.4. The highest BCUT2D eigenvalue weighted by molar-refractivity contribution is 5.96. The summed E-state index contributed by atoms with van der Waals surface area (Å²) in [6.07, 6.45) is 23.9. The number of aliphatic hydroxyl groups is 2. The van der Waals surface area contributed by atoms with Gasteiger partial charge in [-0.3, -0.25) is 4.79 Å². The van der Waals surface area contributed by atoms with Crippen LogP contribution in [0.4, 0.5) is 0 Å². The molecule has 8 aliphatic rings. The van der Waals surface area contributed by atoms with Crippen LogP contribution in [0.1, 0.15) is 206 Å². The molecule has 10 nitrogen and oxygen atoms in total. The first kappa shape index (κ1) is 53.9. The van der Waals surface area contributed by atoms with Gasteiger partial charge in [-0.25, -0.2) is 4.99 Å². The van der Waals surface area contributed by atoms with Crippen molar-refractivity contribution < 1.29 is 34.7 Å². The Morgan fingerprint density at radius 2 is 1.68 bits per heavy atom. The van der Waals surface area contributed by atoms with Gasteiger partial charge in [0.2, 0.25) is 0 Å². The minimum atomic E-state index is -0.376. The molecule has 0 saturated heterocycles. The molecule has 8 bridgehead atoms. The first-order valence-electron chi connectivity index (χ1n) is 30.4. The van der Waals surface area contributed by atoms with E-state index in [0.717, 1.165) is 130 Å². The van der Waals surface area contributed by atoms with Gasteiger partial charge in [-0.15, -0.1) is 0 Å². The molecule has 1 spiro atoms. The third-order valence-electron chi connectivity index (χ3n) is 20.1. The van der Waals surface area contributed by atoms with E-state index < -0.39 is 0 Å². The monoisotopic (exact) mass is 1050 g/mol. The molecule has 7 aliphatic carbocycles. The van der Waals surface area contributed by atoms with E-state index in [-0.39, 0.29) is 102 Å².